The molecule has 1 fully saturated rings. The molecule has 0 aromatic carbocycles. The highest BCUT2D eigenvalue weighted by molar-refractivity contribution is 7.92. The minimum atomic E-state index is -3.16. The molecule has 1 aliphatic heterocycles. The van der Waals surface area contributed by atoms with E-state index in [-0.39, 0.29) is 17.2 Å². The van der Waals surface area contributed by atoms with Crippen LogP contribution < -0.4 is 10.1 Å². The predicted octanol–water partition coefficient (Wildman–Crippen LogP) is 1.03. The number of carbonyl (C=O) groups excluding carboxylic acids is 1. The van der Waals surface area contributed by atoms with E-state index in [0.29, 0.717) is 6.42 Å². The number of pyridine rings is 1. The van der Waals surface area contributed by atoms with Gasteiger partial charge in [-0.25, -0.2) is 22.2 Å². The number of amides is 1. The number of halogens is 2. The fraction of sp³-hybridized carbons (Fsp3) is 0.538. The summed E-state index contributed by atoms with van der Waals surface area (Å²) in [6.45, 7) is 0.743. The largest absolute Gasteiger partial charge is 0.472 e. The third-order valence-electron chi connectivity index (χ3n) is 3.52. The molecule has 1 saturated heterocycles. The first-order chi connectivity index (χ1) is 10.3. The minimum absolute atomic E-state index is 0.0399. The zero-order valence-corrected chi connectivity index (χ0v) is 12.6. The second-order valence-corrected chi connectivity index (χ2v) is 7.50. The zero-order valence-electron chi connectivity index (χ0n) is 11.8. The molecule has 2 rings (SSSR count). The highest BCUT2D eigenvalue weighted by Gasteiger charge is 2.37. The van der Waals surface area contributed by atoms with Gasteiger partial charge in [-0.1, -0.05) is 0 Å². The molecule has 122 valence electrons. The quantitative estimate of drug-likeness (QED) is 0.869. The molecule has 1 amide bonds. The Morgan fingerprint density at radius 1 is 1.55 bits per heavy atom. The summed E-state index contributed by atoms with van der Waals surface area (Å²) in [7, 11) is -3.16. The summed E-state index contributed by atoms with van der Waals surface area (Å²) < 4.78 is 52.2. The Labute approximate surface area is 126 Å². The fourth-order valence-electron chi connectivity index (χ4n) is 2.18. The maximum Gasteiger partial charge on any atom is 0.272 e. The van der Waals surface area contributed by atoms with Crippen LogP contribution in [0.15, 0.2) is 18.3 Å². The number of sulfone groups is 1. The Hall–Kier alpha value is -1.77. The van der Waals surface area contributed by atoms with Crippen molar-refractivity contribution >= 4 is 15.7 Å². The molecule has 1 aromatic heterocycles. The standard InChI is InChI=1S/C13H16F2N2O4S/c1-8-10(3-5-22(8,19)20)17-13(18)9-2-4-16-12(6-9)21-7-11(14)15/h2,4,6,8,10-11H,3,5,7H2,1H3,(H,17,18)/t8-,10-/m0/s1. The number of ether oxygens (including phenoxy) is 1. The molecule has 22 heavy (non-hydrogen) atoms. The number of hydrogen-bond donors (Lipinski definition) is 1. The summed E-state index contributed by atoms with van der Waals surface area (Å²) >= 11 is 0. The molecule has 0 saturated carbocycles. The van der Waals surface area contributed by atoms with Crippen LogP contribution >= 0.6 is 0 Å². The molecule has 2 heterocycles. The second-order valence-electron chi connectivity index (χ2n) is 5.03. The molecule has 0 radical (unpaired) electrons. The Balaban J connectivity index is 2.02. The van der Waals surface area contributed by atoms with E-state index in [2.05, 4.69) is 10.3 Å². The Bertz CT molecular complexity index is 651. The Kier molecular flexibility index (Phi) is 4.94. The van der Waals surface area contributed by atoms with Gasteiger partial charge in [0.1, 0.15) is 0 Å². The van der Waals surface area contributed by atoms with Crippen molar-refractivity contribution in [3.63, 3.8) is 0 Å². The van der Waals surface area contributed by atoms with Crippen LogP contribution in [0.4, 0.5) is 8.78 Å². The van der Waals surface area contributed by atoms with Gasteiger partial charge < -0.3 is 10.1 Å². The molecule has 9 heteroatoms. The van der Waals surface area contributed by atoms with Gasteiger partial charge in [-0.3, -0.25) is 4.79 Å². The summed E-state index contributed by atoms with van der Waals surface area (Å²) in [5, 5.41) is 2.00. The van der Waals surface area contributed by atoms with Crippen molar-refractivity contribution < 1.29 is 26.7 Å². The van der Waals surface area contributed by atoms with Crippen LogP contribution in [0, 0.1) is 0 Å². The lowest BCUT2D eigenvalue weighted by Gasteiger charge is -2.16. The van der Waals surface area contributed by atoms with Crippen molar-refractivity contribution in [1.29, 1.82) is 0 Å². The monoisotopic (exact) mass is 334 g/mol. The van der Waals surface area contributed by atoms with Gasteiger partial charge >= 0.3 is 0 Å². The molecule has 1 aliphatic rings. The molecule has 1 N–H and O–H groups in total. The van der Waals surface area contributed by atoms with Crippen molar-refractivity contribution in [2.45, 2.75) is 31.1 Å². The average molecular weight is 334 g/mol. The highest BCUT2D eigenvalue weighted by Crippen LogP contribution is 2.21. The van der Waals surface area contributed by atoms with Crippen molar-refractivity contribution in [2.24, 2.45) is 0 Å². The van der Waals surface area contributed by atoms with Gasteiger partial charge in [0.15, 0.2) is 16.4 Å². The lowest BCUT2D eigenvalue weighted by molar-refractivity contribution is 0.0794. The van der Waals surface area contributed by atoms with E-state index in [1.807, 2.05) is 0 Å². The van der Waals surface area contributed by atoms with Gasteiger partial charge in [-0.05, 0) is 19.4 Å². The van der Waals surface area contributed by atoms with E-state index in [4.69, 9.17) is 4.74 Å². The Morgan fingerprint density at radius 2 is 2.27 bits per heavy atom. The molecular formula is C13H16F2N2O4S. The molecule has 0 unspecified atom stereocenters. The van der Waals surface area contributed by atoms with Crippen LogP contribution in [0.2, 0.25) is 0 Å². The van der Waals surface area contributed by atoms with Crippen LogP contribution in [0.5, 0.6) is 5.88 Å². The normalized spacial score (nSPS) is 23.5. The first-order valence-corrected chi connectivity index (χ1v) is 8.40. The van der Waals surface area contributed by atoms with Crippen LogP contribution in [-0.2, 0) is 9.84 Å². The minimum Gasteiger partial charge on any atom is -0.472 e. The van der Waals surface area contributed by atoms with Gasteiger partial charge in [0.2, 0.25) is 5.88 Å². The zero-order chi connectivity index (χ0) is 16.3. The SMILES string of the molecule is C[C@H]1[C@@H](NC(=O)c2ccnc(OCC(F)F)c2)CCS1(=O)=O. The summed E-state index contributed by atoms with van der Waals surface area (Å²) in [6, 6.07) is 2.18. The van der Waals surface area contributed by atoms with E-state index in [9.17, 15) is 22.0 Å². The molecule has 6 nitrogen and oxygen atoms in total. The molecule has 1 aromatic rings. The summed E-state index contributed by atoms with van der Waals surface area (Å²) in [5.41, 5.74) is 0.177. The fourth-order valence-corrected chi connectivity index (χ4v) is 3.84. The first kappa shape index (κ1) is 16.6. The second kappa shape index (κ2) is 6.55. The molecular weight excluding hydrogens is 318 g/mol. The maximum atomic E-state index is 12.1. The van der Waals surface area contributed by atoms with Crippen molar-refractivity contribution in [3.8, 4) is 5.88 Å². The smallest absolute Gasteiger partial charge is 0.272 e. The van der Waals surface area contributed by atoms with Crippen molar-refractivity contribution in [3.05, 3.63) is 23.9 Å². The predicted molar refractivity (Wildman–Crippen MR) is 74.9 cm³/mol. The topological polar surface area (TPSA) is 85.4 Å². The number of carbonyl (C=O) groups is 1. The number of aromatic nitrogens is 1. The molecule has 2 atom stereocenters. The van der Waals surface area contributed by atoms with Crippen LogP contribution in [0.1, 0.15) is 23.7 Å². The van der Waals surface area contributed by atoms with E-state index in [1.54, 1.807) is 6.92 Å². The highest BCUT2D eigenvalue weighted by atomic mass is 32.2. The summed E-state index contributed by atoms with van der Waals surface area (Å²) in [5.74, 6) is -0.531. The summed E-state index contributed by atoms with van der Waals surface area (Å²) in [6.07, 6.45) is -1.01. The molecule has 0 aliphatic carbocycles. The third kappa shape index (κ3) is 3.90. The van der Waals surface area contributed by atoms with Gasteiger partial charge in [0.25, 0.3) is 12.3 Å². The number of alkyl halides is 2. The van der Waals surface area contributed by atoms with E-state index >= 15 is 0 Å². The van der Waals surface area contributed by atoms with E-state index in [1.165, 1.54) is 18.3 Å². The first-order valence-electron chi connectivity index (χ1n) is 6.69. The summed E-state index contributed by atoms with van der Waals surface area (Å²) in [4.78, 5) is 15.8. The average Bonchev–Trinajstić information content (AvgIpc) is 2.72. The number of nitrogens with zero attached hydrogens (tertiary/aromatic N) is 1. The third-order valence-corrected chi connectivity index (χ3v) is 5.78. The maximum absolute atomic E-state index is 12.1. The van der Waals surface area contributed by atoms with Crippen molar-refractivity contribution in [2.75, 3.05) is 12.4 Å². The van der Waals surface area contributed by atoms with Crippen LogP contribution in [0.25, 0.3) is 0 Å². The van der Waals surface area contributed by atoms with E-state index < -0.39 is 40.1 Å². The van der Waals surface area contributed by atoms with Gasteiger partial charge in [-0.2, -0.15) is 0 Å². The number of hydrogen-bond acceptors (Lipinski definition) is 5. The van der Waals surface area contributed by atoms with Crippen LogP contribution in [0.3, 0.4) is 0 Å². The van der Waals surface area contributed by atoms with Crippen LogP contribution in [-0.4, -0.2) is 49.4 Å². The van der Waals surface area contributed by atoms with Gasteiger partial charge in [0, 0.05) is 23.9 Å². The number of nitrogens with one attached hydrogen (secondary N) is 1. The Morgan fingerprint density at radius 3 is 2.86 bits per heavy atom. The molecule has 0 bridgehead atoms. The molecule has 0 spiro atoms. The van der Waals surface area contributed by atoms with Gasteiger partial charge in [-0.15, -0.1) is 0 Å². The lowest BCUT2D eigenvalue weighted by Crippen LogP contribution is -2.40. The van der Waals surface area contributed by atoms with E-state index in [0.717, 1.165) is 0 Å². The van der Waals surface area contributed by atoms with Gasteiger partial charge in [0.05, 0.1) is 11.0 Å². The van der Waals surface area contributed by atoms with Crippen molar-refractivity contribution in [1.82, 2.24) is 10.3 Å². The number of rotatable bonds is 5. The lowest BCUT2D eigenvalue weighted by atomic mass is 10.1.